The Morgan fingerprint density at radius 3 is 2.60 bits per heavy atom. The average Bonchev–Trinajstić information content (AvgIpc) is 2.15. The number of carboxylic acid groups (broad SMARTS) is 1. The van der Waals surface area contributed by atoms with Crippen LogP contribution in [-0.4, -0.2) is 23.1 Å². The van der Waals surface area contributed by atoms with Gasteiger partial charge in [-0.15, -0.1) is 0 Å². The summed E-state index contributed by atoms with van der Waals surface area (Å²) < 4.78 is 24.8. The van der Waals surface area contributed by atoms with E-state index in [0.29, 0.717) is 6.08 Å². The van der Waals surface area contributed by atoms with E-state index in [4.69, 9.17) is 5.11 Å². The summed E-state index contributed by atoms with van der Waals surface area (Å²) in [6, 6.07) is 0. The lowest BCUT2D eigenvalue weighted by molar-refractivity contribution is -0.148. The van der Waals surface area contributed by atoms with E-state index in [0.717, 1.165) is 6.21 Å². The smallest absolute Gasteiger partial charge is 0.372 e. The molecule has 0 bridgehead atoms. The quantitative estimate of drug-likeness (QED) is 0.554. The second-order valence-corrected chi connectivity index (χ2v) is 1.72. The summed E-state index contributed by atoms with van der Waals surface area (Å²) in [5, 5.41) is 8.07. The second-order valence-electron chi connectivity index (χ2n) is 1.72. The van der Waals surface area contributed by atoms with Gasteiger partial charge in [-0.05, 0) is 6.08 Å². The van der Waals surface area contributed by atoms with Crippen molar-refractivity contribution in [1.29, 1.82) is 0 Å². The molecule has 1 heterocycles. The van der Waals surface area contributed by atoms with E-state index < -0.39 is 17.6 Å². The number of alkyl halides is 1. The van der Waals surface area contributed by atoms with Crippen LogP contribution < -0.4 is 0 Å². The Bertz CT molecular complexity index is 236. The van der Waals surface area contributed by atoms with Gasteiger partial charge in [0.1, 0.15) is 0 Å². The number of carbonyl (C=O) groups is 1. The van der Waals surface area contributed by atoms with Gasteiger partial charge in [0.2, 0.25) is 0 Å². The van der Waals surface area contributed by atoms with Gasteiger partial charge in [0.05, 0.1) is 0 Å². The number of hydrogen-bond acceptors (Lipinski definition) is 2. The van der Waals surface area contributed by atoms with Crippen LogP contribution in [0.2, 0.25) is 0 Å². The minimum absolute atomic E-state index is 0.675. The van der Waals surface area contributed by atoms with Crippen molar-refractivity contribution in [3.63, 3.8) is 0 Å². The molecule has 0 aromatic carbocycles. The topological polar surface area (TPSA) is 49.7 Å². The molecule has 0 saturated carbocycles. The molecule has 1 aliphatic heterocycles. The lowest BCUT2D eigenvalue weighted by Crippen LogP contribution is -2.30. The molecule has 0 saturated heterocycles. The summed E-state index contributed by atoms with van der Waals surface area (Å²) in [5.74, 6) is -6.49. The molecular formula is C5H3F2NO2. The molecule has 0 amide bonds. The average molecular weight is 147 g/mol. The van der Waals surface area contributed by atoms with Crippen LogP contribution in [0.3, 0.4) is 0 Å². The van der Waals surface area contributed by atoms with E-state index in [2.05, 4.69) is 4.99 Å². The van der Waals surface area contributed by atoms with Crippen molar-refractivity contribution < 1.29 is 18.7 Å². The predicted molar refractivity (Wildman–Crippen MR) is 29.2 cm³/mol. The van der Waals surface area contributed by atoms with Crippen molar-refractivity contribution in [2.45, 2.75) is 5.79 Å². The number of aliphatic imine (C=N–C) groups is 1. The standard InChI is InChI=1S/C5H3F2NO2/c6-3-1-2-8-5(3,7)4(9)10/h1-2H,(H,9,10). The van der Waals surface area contributed by atoms with E-state index in [1.54, 1.807) is 0 Å². The number of hydrogen-bond donors (Lipinski definition) is 1. The highest BCUT2D eigenvalue weighted by Gasteiger charge is 2.45. The number of carboxylic acids is 1. The molecular weight excluding hydrogens is 144 g/mol. The highest BCUT2D eigenvalue weighted by atomic mass is 19.2. The molecule has 1 atom stereocenters. The van der Waals surface area contributed by atoms with E-state index in [1.165, 1.54) is 0 Å². The van der Waals surface area contributed by atoms with Crippen molar-refractivity contribution >= 4 is 12.2 Å². The first-order valence-corrected chi connectivity index (χ1v) is 2.41. The zero-order valence-corrected chi connectivity index (χ0v) is 4.71. The van der Waals surface area contributed by atoms with E-state index in [1.807, 2.05) is 0 Å². The SMILES string of the molecule is O=C(O)C1(F)N=CC=C1F. The summed E-state index contributed by atoms with van der Waals surface area (Å²) in [5.41, 5.74) is 0. The first kappa shape index (κ1) is 6.85. The van der Waals surface area contributed by atoms with Gasteiger partial charge in [-0.1, -0.05) is 0 Å². The van der Waals surface area contributed by atoms with Crippen LogP contribution in [0.5, 0.6) is 0 Å². The van der Waals surface area contributed by atoms with E-state index >= 15 is 0 Å². The summed E-state index contributed by atoms with van der Waals surface area (Å²) in [6.07, 6.45) is 1.46. The maximum atomic E-state index is 12.6. The first-order valence-electron chi connectivity index (χ1n) is 2.41. The molecule has 0 fully saturated rings. The number of allylic oxidation sites excluding steroid dienone is 1. The van der Waals surface area contributed by atoms with Crippen LogP contribution >= 0.6 is 0 Å². The van der Waals surface area contributed by atoms with Crippen molar-refractivity contribution in [2.24, 2.45) is 4.99 Å². The minimum atomic E-state index is -3.17. The third-order valence-corrected chi connectivity index (χ3v) is 1.07. The van der Waals surface area contributed by atoms with Gasteiger partial charge in [0.25, 0.3) is 0 Å². The maximum absolute atomic E-state index is 12.6. The summed E-state index contributed by atoms with van der Waals surface area (Å²) in [4.78, 5) is 12.8. The highest BCUT2D eigenvalue weighted by molar-refractivity contribution is 5.89. The molecule has 5 heteroatoms. The minimum Gasteiger partial charge on any atom is -0.477 e. The summed E-state index contributed by atoms with van der Waals surface area (Å²) in [7, 11) is 0. The van der Waals surface area contributed by atoms with Crippen molar-refractivity contribution in [1.82, 2.24) is 0 Å². The van der Waals surface area contributed by atoms with Gasteiger partial charge in [0, 0.05) is 6.21 Å². The van der Waals surface area contributed by atoms with Gasteiger partial charge in [-0.25, -0.2) is 14.2 Å². The largest absolute Gasteiger partial charge is 0.477 e. The number of rotatable bonds is 1. The van der Waals surface area contributed by atoms with Crippen molar-refractivity contribution in [3.8, 4) is 0 Å². The Hall–Kier alpha value is -1.26. The van der Waals surface area contributed by atoms with Gasteiger partial charge in [-0.3, -0.25) is 0 Å². The number of aliphatic carboxylic acids is 1. The highest BCUT2D eigenvalue weighted by Crippen LogP contribution is 2.28. The van der Waals surface area contributed by atoms with Crippen LogP contribution in [-0.2, 0) is 4.79 Å². The second kappa shape index (κ2) is 1.86. The van der Waals surface area contributed by atoms with E-state index in [9.17, 15) is 13.6 Å². The monoisotopic (exact) mass is 147 g/mol. The van der Waals surface area contributed by atoms with Gasteiger partial charge < -0.3 is 5.11 Å². The molecule has 54 valence electrons. The molecule has 0 radical (unpaired) electrons. The lowest BCUT2D eigenvalue weighted by atomic mass is 10.2. The van der Waals surface area contributed by atoms with Crippen LogP contribution in [0.1, 0.15) is 0 Å². The van der Waals surface area contributed by atoms with Crippen molar-refractivity contribution in [3.05, 3.63) is 11.9 Å². The molecule has 0 aliphatic carbocycles. The van der Waals surface area contributed by atoms with Crippen LogP contribution in [0, 0.1) is 0 Å². The first-order chi connectivity index (χ1) is 4.57. The Labute approximate surface area is 54.7 Å². The Morgan fingerprint density at radius 2 is 2.40 bits per heavy atom. The molecule has 0 aromatic rings. The Morgan fingerprint density at radius 1 is 1.80 bits per heavy atom. The molecule has 1 unspecified atom stereocenters. The fourth-order valence-electron chi connectivity index (χ4n) is 0.535. The third-order valence-electron chi connectivity index (χ3n) is 1.07. The van der Waals surface area contributed by atoms with Crippen LogP contribution in [0.4, 0.5) is 8.78 Å². The zero-order chi connectivity index (χ0) is 7.78. The predicted octanol–water partition coefficient (Wildman–Crippen LogP) is 0.675. The molecule has 1 aliphatic rings. The Kier molecular flexibility index (Phi) is 1.28. The molecule has 10 heavy (non-hydrogen) atoms. The maximum Gasteiger partial charge on any atom is 0.372 e. The van der Waals surface area contributed by atoms with Crippen molar-refractivity contribution in [2.75, 3.05) is 0 Å². The molecule has 3 nitrogen and oxygen atoms in total. The zero-order valence-electron chi connectivity index (χ0n) is 4.71. The van der Waals surface area contributed by atoms with E-state index in [-0.39, 0.29) is 0 Å². The molecule has 1 N–H and O–H groups in total. The van der Waals surface area contributed by atoms with Crippen LogP contribution in [0.25, 0.3) is 0 Å². The van der Waals surface area contributed by atoms with Crippen LogP contribution in [0.15, 0.2) is 16.9 Å². The number of nitrogens with zero attached hydrogens (tertiary/aromatic N) is 1. The fraction of sp³-hybridized carbons (Fsp3) is 0.200. The molecule has 0 spiro atoms. The van der Waals surface area contributed by atoms with Gasteiger partial charge >= 0.3 is 11.8 Å². The number of halogens is 2. The fourth-order valence-corrected chi connectivity index (χ4v) is 0.535. The van der Waals surface area contributed by atoms with Gasteiger partial charge in [0.15, 0.2) is 5.83 Å². The summed E-state index contributed by atoms with van der Waals surface area (Å²) >= 11 is 0. The Balaban J connectivity index is 3.00. The molecule has 1 rings (SSSR count). The molecule has 0 aromatic heterocycles. The third kappa shape index (κ3) is 0.706. The normalized spacial score (nSPS) is 30.4. The van der Waals surface area contributed by atoms with Gasteiger partial charge in [-0.2, -0.15) is 4.39 Å². The summed E-state index contributed by atoms with van der Waals surface area (Å²) in [6.45, 7) is 0. The lowest BCUT2D eigenvalue weighted by Gasteiger charge is -2.07.